The standard InChI is InChI=1S/C28H30N8O6S/c1-14-4-6-17(7-5-14)31-35-22-11-16(3)24(29)26(25(22)30)36-32-18-8-9-21(15(2)10-18)34-33-19-12-20(28(38)39)27(37)23(13-19)43(40,41)42/h4-13,32-34,36-37H,29-30H2,1-3H3,(H,38,39)(H,40,41,42). The monoisotopic (exact) mass is 606 g/mol. The number of nitrogen functional groups attached to an aromatic ring is 2. The van der Waals surface area contributed by atoms with Crippen molar-refractivity contribution in [1.82, 2.24) is 0 Å². The number of aryl methyl sites for hydroxylation is 3. The lowest BCUT2D eigenvalue weighted by Crippen LogP contribution is -2.14. The molecular formula is C28H30N8O6S. The van der Waals surface area contributed by atoms with Gasteiger partial charge in [-0.05, 0) is 80.4 Å². The highest BCUT2D eigenvalue weighted by molar-refractivity contribution is 7.86. The number of carboxylic acid groups (broad SMARTS) is 1. The van der Waals surface area contributed by atoms with Crippen molar-refractivity contribution >= 4 is 61.6 Å². The number of azo groups is 1. The maximum atomic E-state index is 11.6. The first-order valence-corrected chi connectivity index (χ1v) is 14.1. The van der Waals surface area contributed by atoms with Gasteiger partial charge in [-0.2, -0.15) is 13.5 Å². The fraction of sp³-hybridized carbons (Fsp3) is 0.107. The van der Waals surface area contributed by atoms with Gasteiger partial charge >= 0.3 is 5.97 Å². The van der Waals surface area contributed by atoms with E-state index in [-0.39, 0.29) is 5.69 Å². The Kier molecular flexibility index (Phi) is 8.59. The SMILES string of the molecule is Cc1ccc(N=Nc2cc(C)c(N)c(NNc3ccc(NNc4cc(C(=O)O)c(O)c(S(=O)(=O)O)c4)c(C)c3)c2N)cc1. The third-order valence-corrected chi connectivity index (χ3v) is 7.25. The van der Waals surface area contributed by atoms with Crippen molar-refractivity contribution in [2.24, 2.45) is 10.2 Å². The average Bonchev–Trinajstić information content (AvgIpc) is 2.94. The highest BCUT2D eigenvalue weighted by Gasteiger charge is 2.23. The van der Waals surface area contributed by atoms with Crippen LogP contribution in [0.15, 0.2) is 75.8 Å². The summed E-state index contributed by atoms with van der Waals surface area (Å²) in [5, 5.41) is 27.8. The minimum Gasteiger partial charge on any atom is -0.506 e. The van der Waals surface area contributed by atoms with E-state index in [1.807, 2.05) is 38.1 Å². The molecule has 0 aliphatic heterocycles. The van der Waals surface area contributed by atoms with Gasteiger partial charge in [0.05, 0.1) is 34.1 Å². The summed E-state index contributed by atoms with van der Waals surface area (Å²) in [5.74, 6) is -2.66. The Morgan fingerprint density at radius 2 is 1.47 bits per heavy atom. The zero-order chi connectivity index (χ0) is 31.5. The fourth-order valence-electron chi connectivity index (χ4n) is 3.97. The summed E-state index contributed by atoms with van der Waals surface area (Å²) < 4.78 is 32.6. The lowest BCUT2D eigenvalue weighted by atomic mass is 10.1. The van der Waals surface area contributed by atoms with E-state index >= 15 is 0 Å². The molecule has 4 aromatic carbocycles. The number of nitrogens with one attached hydrogen (secondary N) is 4. The van der Waals surface area contributed by atoms with E-state index in [1.165, 1.54) is 0 Å². The normalized spacial score (nSPS) is 11.3. The quantitative estimate of drug-likeness (QED) is 0.0346. The number of aromatic hydroxyl groups is 1. The van der Waals surface area contributed by atoms with E-state index in [4.69, 9.17) is 11.5 Å². The average molecular weight is 607 g/mol. The van der Waals surface area contributed by atoms with Crippen LogP contribution in [0.2, 0.25) is 0 Å². The third-order valence-electron chi connectivity index (χ3n) is 6.38. The molecule has 0 spiro atoms. The number of hydrazine groups is 2. The summed E-state index contributed by atoms with van der Waals surface area (Å²) >= 11 is 0. The predicted molar refractivity (Wildman–Crippen MR) is 166 cm³/mol. The van der Waals surface area contributed by atoms with Crippen LogP contribution in [0.1, 0.15) is 27.0 Å². The highest BCUT2D eigenvalue weighted by atomic mass is 32.2. The Labute approximate surface area is 247 Å². The Hall–Kier alpha value is -5.54. The Morgan fingerprint density at radius 3 is 2.09 bits per heavy atom. The first kappa shape index (κ1) is 30.4. The number of rotatable bonds is 10. The van der Waals surface area contributed by atoms with Crippen LogP contribution in [-0.4, -0.2) is 29.2 Å². The molecule has 0 bridgehead atoms. The van der Waals surface area contributed by atoms with E-state index in [2.05, 4.69) is 31.9 Å². The molecule has 0 fully saturated rings. The number of phenols is 1. The van der Waals surface area contributed by atoms with Crippen LogP contribution in [0.5, 0.6) is 5.75 Å². The first-order chi connectivity index (χ1) is 20.2. The molecule has 224 valence electrons. The largest absolute Gasteiger partial charge is 0.506 e. The fourth-order valence-corrected chi connectivity index (χ4v) is 4.60. The molecular weight excluding hydrogens is 576 g/mol. The number of anilines is 6. The van der Waals surface area contributed by atoms with Gasteiger partial charge in [-0.3, -0.25) is 9.98 Å². The van der Waals surface area contributed by atoms with Crippen LogP contribution in [0.25, 0.3) is 0 Å². The lowest BCUT2D eigenvalue weighted by molar-refractivity contribution is 0.0693. The zero-order valence-corrected chi connectivity index (χ0v) is 24.1. The molecule has 15 heteroatoms. The van der Waals surface area contributed by atoms with E-state index in [0.717, 1.165) is 28.8 Å². The molecule has 0 aliphatic carbocycles. The molecule has 43 heavy (non-hydrogen) atoms. The van der Waals surface area contributed by atoms with Crippen molar-refractivity contribution in [3.05, 3.63) is 82.9 Å². The number of carbonyl (C=O) groups is 1. The van der Waals surface area contributed by atoms with Crippen molar-refractivity contribution in [3.63, 3.8) is 0 Å². The van der Waals surface area contributed by atoms with E-state index in [1.54, 1.807) is 31.2 Å². The number of aromatic carboxylic acids is 1. The van der Waals surface area contributed by atoms with Crippen LogP contribution in [0.4, 0.5) is 45.5 Å². The van der Waals surface area contributed by atoms with Crippen LogP contribution in [0.3, 0.4) is 0 Å². The van der Waals surface area contributed by atoms with E-state index in [0.29, 0.717) is 39.8 Å². The van der Waals surface area contributed by atoms with Crippen LogP contribution >= 0.6 is 0 Å². The van der Waals surface area contributed by atoms with E-state index < -0.39 is 32.3 Å². The van der Waals surface area contributed by atoms with Crippen LogP contribution in [0, 0.1) is 20.8 Å². The summed E-state index contributed by atoms with van der Waals surface area (Å²) in [5.41, 5.74) is 29.6. The zero-order valence-electron chi connectivity index (χ0n) is 23.3. The predicted octanol–water partition coefficient (Wildman–Crippen LogP) is 5.72. The molecule has 4 aromatic rings. The first-order valence-electron chi connectivity index (χ1n) is 12.6. The third kappa shape index (κ3) is 7.03. The number of benzene rings is 4. The molecule has 0 saturated heterocycles. The Balaban J connectivity index is 1.49. The van der Waals surface area contributed by atoms with Gasteiger partial charge in [0.2, 0.25) is 0 Å². The van der Waals surface area contributed by atoms with Gasteiger partial charge in [0.1, 0.15) is 21.8 Å². The number of hydrogen-bond donors (Lipinski definition) is 9. The van der Waals surface area contributed by atoms with Crippen molar-refractivity contribution < 1.29 is 28.0 Å². The van der Waals surface area contributed by atoms with Gasteiger partial charge in [0.25, 0.3) is 10.1 Å². The smallest absolute Gasteiger partial charge is 0.339 e. The minimum absolute atomic E-state index is 0.0353. The van der Waals surface area contributed by atoms with Crippen LogP contribution < -0.4 is 33.2 Å². The van der Waals surface area contributed by atoms with Gasteiger partial charge in [-0.25, -0.2) is 4.79 Å². The van der Waals surface area contributed by atoms with Gasteiger partial charge in [-0.15, -0.1) is 5.11 Å². The van der Waals surface area contributed by atoms with Crippen LogP contribution in [-0.2, 0) is 10.1 Å². The van der Waals surface area contributed by atoms with Gasteiger partial charge in [0.15, 0.2) is 5.75 Å². The maximum Gasteiger partial charge on any atom is 0.339 e. The number of hydrogen-bond acceptors (Lipinski definition) is 12. The second kappa shape index (κ2) is 12.1. The highest BCUT2D eigenvalue weighted by Crippen LogP contribution is 2.38. The molecule has 0 radical (unpaired) electrons. The summed E-state index contributed by atoms with van der Waals surface area (Å²) in [6, 6.07) is 16.4. The number of nitrogens with two attached hydrogens (primary N) is 2. The van der Waals surface area contributed by atoms with Crippen molar-refractivity contribution in [2.75, 3.05) is 33.2 Å². The molecule has 0 aromatic heterocycles. The van der Waals surface area contributed by atoms with Gasteiger partial charge in [-0.1, -0.05) is 17.7 Å². The molecule has 0 aliphatic rings. The van der Waals surface area contributed by atoms with Crippen molar-refractivity contribution in [2.45, 2.75) is 25.7 Å². The molecule has 0 amide bonds. The lowest BCUT2D eigenvalue weighted by Gasteiger charge is -2.18. The summed E-state index contributed by atoms with van der Waals surface area (Å²) in [6.07, 6.45) is 0. The summed E-state index contributed by atoms with van der Waals surface area (Å²) in [6.45, 7) is 5.60. The maximum absolute atomic E-state index is 11.6. The molecule has 0 heterocycles. The molecule has 0 atom stereocenters. The topological polar surface area (TPSA) is 237 Å². The van der Waals surface area contributed by atoms with Gasteiger partial charge in [0, 0.05) is 0 Å². The van der Waals surface area contributed by atoms with Gasteiger partial charge < -0.3 is 38.0 Å². The summed E-state index contributed by atoms with van der Waals surface area (Å²) in [4.78, 5) is 10.5. The van der Waals surface area contributed by atoms with E-state index in [9.17, 15) is 28.0 Å². The molecule has 0 saturated carbocycles. The second-order valence-corrected chi connectivity index (χ2v) is 11.0. The van der Waals surface area contributed by atoms with Crippen molar-refractivity contribution in [1.29, 1.82) is 0 Å². The molecule has 11 N–H and O–H groups in total. The molecule has 0 unspecified atom stereocenters. The summed E-state index contributed by atoms with van der Waals surface area (Å²) in [7, 11) is -4.89. The number of carboxylic acids is 1. The van der Waals surface area contributed by atoms with Crippen molar-refractivity contribution in [3.8, 4) is 5.75 Å². The second-order valence-electron chi connectivity index (χ2n) is 9.63. The number of nitrogens with zero attached hydrogens (tertiary/aromatic N) is 2. The minimum atomic E-state index is -4.89. The Bertz CT molecular complexity index is 1840. The molecule has 14 nitrogen and oxygen atoms in total. The Morgan fingerprint density at radius 1 is 0.791 bits per heavy atom. The molecule has 4 rings (SSSR count).